The molecule has 0 fully saturated rings. The first kappa shape index (κ1) is 25.5. The van der Waals surface area contributed by atoms with Gasteiger partial charge in [0.15, 0.2) is 23.3 Å². The summed E-state index contributed by atoms with van der Waals surface area (Å²) in [5.41, 5.74) is 5.72. The lowest BCUT2D eigenvalue weighted by Crippen LogP contribution is -2.32. The highest BCUT2D eigenvalue weighted by Gasteiger charge is 2.30. The zero-order valence-corrected chi connectivity index (χ0v) is 24.9. The third-order valence-electron chi connectivity index (χ3n) is 8.82. The van der Waals surface area contributed by atoms with Gasteiger partial charge in [0.05, 0.1) is 4.90 Å². The summed E-state index contributed by atoms with van der Waals surface area (Å²) in [6.07, 6.45) is 0. The predicted molar refractivity (Wildman–Crippen MR) is 174 cm³/mol. The maximum Gasteiger partial charge on any atom is 0.294 e. The van der Waals surface area contributed by atoms with Gasteiger partial charge in [0.25, 0.3) is 10.1 Å². The number of fused-ring (bicyclic) bond motifs is 14. The smallest absolute Gasteiger partial charge is 0.291 e. The number of nitrogens with zero attached hydrogens (tertiary/aromatic N) is 8. The second kappa shape index (κ2) is 8.65. The summed E-state index contributed by atoms with van der Waals surface area (Å²) >= 11 is 0. The Morgan fingerprint density at radius 3 is 1.67 bits per heavy atom. The van der Waals surface area contributed by atoms with Gasteiger partial charge in [-0.05, 0) is 31.2 Å². The lowest BCUT2D eigenvalue weighted by molar-refractivity contribution is 0.483. The largest absolute Gasteiger partial charge is 0.294 e. The number of aryl methyl sites for hydroxylation is 1. The molecule has 4 aromatic carbocycles. The summed E-state index contributed by atoms with van der Waals surface area (Å²) in [5.74, 6) is 2.93. The Morgan fingerprint density at radius 2 is 1.09 bits per heavy atom. The van der Waals surface area contributed by atoms with Gasteiger partial charge in [-0.1, -0.05) is 66.2 Å². The molecule has 0 unspecified atom stereocenters. The van der Waals surface area contributed by atoms with Crippen LogP contribution in [0.5, 0.6) is 0 Å². The molecule has 0 spiro atoms. The van der Waals surface area contributed by atoms with E-state index >= 15 is 0 Å². The number of hydrogen-bond donors (Lipinski definition) is 1. The van der Waals surface area contributed by atoms with Crippen molar-refractivity contribution in [1.29, 1.82) is 0 Å². The molecule has 0 saturated heterocycles. The first-order valence-electron chi connectivity index (χ1n) is 14.6. The third-order valence-corrected chi connectivity index (χ3v) is 9.67. The fourth-order valence-electron chi connectivity index (χ4n) is 6.71. The second-order valence-electron chi connectivity index (χ2n) is 11.6. The highest BCUT2D eigenvalue weighted by atomic mass is 32.2. The fraction of sp³-hybridized carbons (Fsp3) is 0.0588. The highest BCUT2D eigenvalue weighted by molar-refractivity contribution is 7.85. The molecule has 4 aliphatic rings. The van der Waals surface area contributed by atoms with Crippen molar-refractivity contribution < 1.29 is 13.0 Å². The molecule has 1 N–H and O–H groups in total. The molecule has 0 saturated carbocycles. The van der Waals surface area contributed by atoms with Gasteiger partial charge in [0, 0.05) is 43.8 Å². The van der Waals surface area contributed by atoms with Crippen molar-refractivity contribution in [3.8, 4) is 0 Å². The fourth-order valence-corrected chi connectivity index (χ4v) is 7.21. The first-order chi connectivity index (χ1) is 22.3. The zero-order valence-electron chi connectivity index (χ0n) is 24.0. The Bertz CT molecular complexity index is 2820. The van der Waals surface area contributed by atoms with Crippen molar-refractivity contribution in [2.24, 2.45) is 30.0 Å². The van der Waals surface area contributed by atoms with Crippen molar-refractivity contribution in [1.82, 2.24) is 9.13 Å². The first-order valence-corrected chi connectivity index (χ1v) is 16.0. The molecule has 4 aliphatic heterocycles. The van der Waals surface area contributed by atoms with E-state index in [2.05, 4.69) is 18.2 Å². The monoisotopic (exact) mass is 620 g/mol. The standard InChI is InChI=1S/C34H20N8O3S/c1-17-10-12-23-25(14-17)33-39-29-21-8-4-2-6-19(21)28(35-29)38-32-24-13-11-18(46(43,44)45)15-26(24)34-40-30-22-9-5-3-7-20(22)27(36-30)37-31(23)41(33)16-42(32)34/h2-15H,16H2,1H3,(H,43,44,45). The van der Waals surface area contributed by atoms with Crippen LogP contribution in [0.3, 0.4) is 0 Å². The molecule has 6 heterocycles. The molecule has 220 valence electrons. The molecular weight excluding hydrogens is 600 g/mol. The third kappa shape index (κ3) is 3.42. The van der Waals surface area contributed by atoms with E-state index < -0.39 is 10.1 Å². The Hall–Kier alpha value is -5.85. The van der Waals surface area contributed by atoms with Crippen LogP contribution in [-0.2, 0) is 16.8 Å². The van der Waals surface area contributed by atoms with Crippen LogP contribution in [0.1, 0.15) is 27.8 Å². The Labute approximate surface area is 260 Å². The molecule has 6 aromatic rings. The van der Waals surface area contributed by atoms with Gasteiger partial charge >= 0.3 is 0 Å². The van der Waals surface area contributed by atoms with Gasteiger partial charge in [-0.2, -0.15) is 8.42 Å². The predicted octanol–water partition coefficient (Wildman–Crippen LogP) is 4.60. The molecule has 6 bridgehead atoms. The molecule has 12 heteroatoms. The van der Waals surface area contributed by atoms with Crippen LogP contribution < -0.4 is 11.0 Å². The highest BCUT2D eigenvalue weighted by Crippen LogP contribution is 2.41. The van der Waals surface area contributed by atoms with E-state index in [9.17, 15) is 13.0 Å². The van der Waals surface area contributed by atoms with Gasteiger partial charge in [0.2, 0.25) is 0 Å². The van der Waals surface area contributed by atoms with Crippen molar-refractivity contribution >= 4 is 66.6 Å². The van der Waals surface area contributed by atoms with Crippen molar-refractivity contribution in [2.45, 2.75) is 18.5 Å². The second-order valence-corrected chi connectivity index (χ2v) is 13.0. The van der Waals surface area contributed by atoms with E-state index in [-0.39, 0.29) is 11.6 Å². The number of aromatic nitrogens is 2. The number of amidine groups is 4. The lowest BCUT2D eigenvalue weighted by Gasteiger charge is -2.12. The van der Waals surface area contributed by atoms with Crippen molar-refractivity contribution in [3.63, 3.8) is 0 Å². The van der Waals surface area contributed by atoms with Gasteiger partial charge in [0.1, 0.15) is 29.3 Å². The molecule has 11 nitrogen and oxygen atoms in total. The van der Waals surface area contributed by atoms with E-state index in [0.29, 0.717) is 56.7 Å². The van der Waals surface area contributed by atoms with Gasteiger partial charge < -0.3 is 0 Å². The topological polar surface area (TPSA) is 138 Å². The number of aliphatic imine (C=N–C) groups is 4. The normalized spacial score (nSPS) is 15.7. The van der Waals surface area contributed by atoms with Crippen LogP contribution >= 0.6 is 0 Å². The van der Waals surface area contributed by atoms with Gasteiger partial charge in [-0.25, -0.2) is 30.0 Å². The Kier molecular flexibility index (Phi) is 4.79. The minimum atomic E-state index is -4.51. The maximum absolute atomic E-state index is 12.3. The minimum absolute atomic E-state index is 0.201. The Morgan fingerprint density at radius 1 is 0.565 bits per heavy atom. The van der Waals surface area contributed by atoms with E-state index in [0.717, 1.165) is 38.6 Å². The van der Waals surface area contributed by atoms with Crippen LogP contribution in [0.4, 0.5) is 11.6 Å². The van der Waals surface area contributed by atoms with Gasteiger partial charge in [-0.3, -0.25) is 13.7 Å². The summed E-state index contributed by atoms with van der Waals surface area (Å²) < 4.78 is 38.6. The van der Waals surface area contributed by atoms with E-state index in [1.807, 2.05) is 64.6 Å². The number of rotatable bonds is 1. The molecule has 10 rings (SSSR count). The summed E-state index contributed by atoms with van der Waals surface area (Å²) in [6.45, 7) is 2.24. The molecule has 0 amide bonds. The molecule has 2 aromatic heterocycles. The van der Waals surface area contributed by atoms with Crippen molar-refractivity contribution in [2.75, 3.05) is 0 Å². The van der Waals surface area contributed by atoms with Crippen LogP contribution in [0.25, 0.3) is 21.5 Å². The summed E-state index contributed by atoms with van der Waals surface area (Å²) in [7, 11) is -4.51. The van der Waals surface area contributed by atoms with Crippen LogP contribution in [0.15, 0.2) is 120 Å². The number of benzene rings is 4. The lowest BCUT2D eigenvalue weighted by atomic mass is 10.1. The zero-order chi connectivity index (χ0) is 30.9. The Balaban J connectivity index is 1.47. The van der Waals surface area contributed by atoms with E-state index in [4.69, 9.17) is 30.0 Å². The van der Waals surface area contributed by atoms with Crippen LogP contribution in [0, 0.1) is 6.92 Å². The molecule has 0 aliphatic carbocycles. The molecule has 46 heavy (non-hydrogen) atoms. The van der Waals surface area contributed by atoms with Crippen LogP contribution in [-0.4, -0.2) is 45.4 Å². The maximum atomic E-state index is 12.3. The summed E-state index contributed by atoms with van der Waals surface area (Å²) in [4.78, 5) is 30.2. The molecule has 0 atom stereocenters. The minimum Gasteiger partial charge on any atom is -0.291 e. The van der Waals surface area contributed by atoms with Crippen molar-refractivity contribution in [3.05, 3.63) is 124 Å². The van der Waals surface area contributed by atoms with Crippen LogP contribution in [0.2, 0.25) is 0 Å². The van der Waals surface area contributed by atoms with E-state index in [1.165, 1.54) is 12.1 Å². The van der Waals surface area contributed by atoms with E-state index in [1.54, 1.807) is 6.07 Å². The summed E-state index contributed by atoms with van der Waals surface area (Å²) in [6, 6.07) is 26.3. The average Bonchev–Trinajstić information content (AvgIpc) is 3.74. The molecular formula is C34H20N8O3S. The summed E-state index contributed by atoms with van der Waals surface area (Å²) in [5, 5.41) is 2.94. The van der Waals surface area contributed by atoms with Gasteiger partial charge in [-0.15, -0.1) is 0 Å². The number of hydrogen-bond acceptors (Lipinski definition) is 8. The average molecular weight is 621 g/mol. The quantitative estimate of drug-likeness (QED) is 0.269. The molecule has 0 radical (unpaired) electrons. The SMILES string of the molecule is Cc1ccc2c3n4c(c2c1)=NC1=NC(=Nc2c5ccc(S(=O)(=O)O)cc5c(n2C4)N=C2N=C(N=3)c3ccccc32)c2ccccc21.